The molecule has 0 fully saturated rings. The third-order valence-corrected chi connectivity index (χ3v) is 3.24. The molecular formula is C12H16N4O3S. The zero-order valence-electron chi connectivity index (χ0n) is 11.2. The van der Waals surface area contributed by atoms with Gasteiger partial charge < -0.3 is 30.1 Å². The number of amides is 2. The van der Waals surface area contributed by atoms with Gasteiger partial charge in [0.2, 0.25) is 0 Å². The van der Waals surface area contributed by atoms with Crippen LogP contribution in [-0.4, -0.2) is 36.3 Å². The summed E-state index contributed by atoms with van der Waals surface area (Å²) < 4.78 is 12.9. The first-order valence-electron chi connectivity index (χ1n) is 5.94. The van der Waals surface area contributed by atoms with Crippen LogP contribution in [0.1, 0.15) is 0 Å². The number of nitrogens with one attached hydrogen (secondary N) is 2. The number of nitrogens with zero attached hydrogens (tertiary/aromatic N) is 1. The zero-order valence-corrected chi connectivity index (χ0v) is 12.0. The van der Waals surface area contributed by atoms with Crippen LogP contribution in [0.3, 0.4) is 0 Å². The number of nitrogens with two attached hydrogens (primary N) is 1. The molecule has 108 valence electrons. The number of primary amides is 1. The van der Waals surface area contributed by atoms with Gasteiger partial charge in [-0.3, -0.25) is 0 Å². The molecule has 2 amide bonds. The topological polar surface area (TPSA) is 94.3 Å². The molecule has 0 aliphatic rings. The number of fused-ring (bicyclic) bond motifs is 1. The van der Waals surface area contributed by atoms with Crippen LogP contribution < -0.4 is 20.5 Å². The largest absolute Gasteiger partial charge is 0.493 e. The Hall–Kier alpha value is -2.22. The molecule has 0 spiro atoms. The third kappa shape index (κ3) is 2.69. The van der Waals surface area contributed by atoms with Gasteiger partial charge in [0, 0.05) is 25.2 Å². The van der Waals surface area contributed by atoms with E-state index >= 15 is 0 Å². The second-order valence-corrected chi connectivity index (χ2v) is 4.48. The number of imidazole rings is 1. The molecule has 7 nitrogen and oxygen atoms in total. The van der Waals surface area contributed by atoms with Crippen molar-refractivity contribution in [1.29, 1.82) is 0 Å². The summed E-state index contributed by atoms with van der Waals surface area (Å²) in [4.78, 5) is 13.8. The van der Waals surface area contributed by atoms with Crippen molar-refractivity contribution in [3.05, 3.63) is 16.9 Å². The summed E-state index contributed by atoms with van der Waals surface area (Å²) >= 11 is 5.27. The maximum atomic E-state index is 10.7. The predicted molar refractivity (Wildman–Crippen MR) is 77.8 cm³/mol. The molecule has 1 aromatic heterocycles. The molecule has 4 N–H and O–H groups in total. The first-order chi connectivity index (χ1) is 9.56. The van der Waals surface area contributed by atoms with Crippen molar-refractivity contribution >= 4 is 29.3 Å². The van der Waals surface area contributed by atoms with E-state index in [4.69, 9.17) is 27.4 Å². The predicted octanol–water partition coefficient (Wildman–Crippen LogP) is 1.38. The third-order valence-electron chi connectivity index (χ3n) is 2.91. The fraction of sp³-hybridized carbons (Fsp3) is 0.333. The van der Waals surface area contributed by atoms with Crippen molar-refractivity contribution < 1.29 is 14.3 Å². The Morgan fingerprint density at radius 1 is 1.40 bits per heavy atom. The molecule has 0 saturated heterocycles. The van der Waals surface area contributed by atoms with Gasteiger partial charge in [0.05, 0.1) is 25.3 Å². The Kier molecular flexibility index (Phi) is 4.14. The molecular weight excluding hydrogens is 280 g/mol. The summed E-state index contributed by atoms with van der Waals surface area (Å²) in [6.07, 6.45) is 0. The Bertz CT molecular complexity index is 692. The SMILES string of the molecule is COc1cc2[nH]c(=S)n(CCNC(N)=O)c2cc1OC. The van der Waals surface area contributed by atoms with Crippen LogP contribution >= 0.6 is 12.2 Å². The standard InChI is InChI=1S/C12H16N4O3S/c1-18-9-5-7-8(6-10(9)19-2)16(12(20)15-7)4-3-14-11(13)17/h5-6H,3-4H2,1-2H3,(H,15,20)(H3,13,14,17). The van der Waals surface area contributed by atoms with Crippen LogP contribution in [0.2, 0.25) is 0 Å². The summed E-state index contributed by atoms with van der Waals surface area (Å²) in [5.74, 6) is 1.24. The fourth-order valence-corrected chi connectivity index (χ4v) is 2.30. The molecule has 0 atom stereocenters. The molecule has 1 aromatic carbocycles. The van der Waals surface area contributed by atoms with Gasteiger partial charge in [-0.25, -0.2) is 4.79 Å². The normalized spacial score (nSPS) is 10.5. The van der Waals surface area contributed by atoms with Crippen LogP contribution in [0.15, 0.2) is 12.1 Å². The molecule has 0 aliphatic heterocycles. The lowest BCUT2D eigenvalue weighted by Crippen LogP contribution is -2.32. The highest BCUT2D eigenvalue weighted by molar-refractivity contribution is 7.71. The first kappa shape index (κ1) is 14.2. The van der Waals surface area contributed by atoms with Crippen LogP contribution in [0.5, 0.6) is 11.5 Å². The van der Waals surface area contributed by atoms with Gasteiger partial charge in [0.1, 0.15) is 0 Å². The number of carbonyl (C=O) groups excluding carboxylic acids is 1. The van der Waals surface area contributed by atoms with Gasteiger partial charge in [0.15, 0.2) is 16.3 Å². The van der Waals surface area contributed by atoms with E-state index in [1.54, 1.807) is 14.2 Å². The van der Waals surface area contributed by atoms with Crippen LogP contribution in [0.25, 0.3) is 11.0 Å². The van der Waals surface area contributed by atoms with Gasteiger partial charge in [-0.05, 0) is 12.2 Å². The number of aromatic nitrogens is 2. The molecule has 0 radical (unpaired) electrons. The lowest BCUT2D eigenvalue weighted by molar-refractivity contribution is 0.248. The quantitative estimate of drug-likeness (QED) is 0.727. The molecule has 0 unspecified atom stereocenters. The smallest absolute Gasteiger partial charge is 0.312 e. The summed E-state index contributed by atoms with van der Waals surface area (Å²) in [5.41, 5.74) is 6.75. The minimum absolute atomic E-state index is 0.394. The molecule has 20 heavy (non-hydrogen) atoms. The number of ether oxygens (including phenoxy) is 2. The van der Waals surface area contributed by atoms with Gasteiger partial charge in [-0.1, -0.05) is 0 Å². The van der Waals surface area contributed by atoms with E-state index in [1.165, 1.54) is 0 Å². The number of aromatic amines is 1. The Morgan fingerprint density at radius 3 is 2.65 bits per heavy atom. The van der Waals surface area contributed by atoms with Crippen molar-refractivity contribution in [2.45, 2.75) is 6.54 Å². The Labute approximate surface area is 120 Å². The highest BCUT2D eigenvalue weighted by atomic mass is 32.1. The number of urea groups is 1. The summed E-state index contributed by atoms with van der Waals surface area (Å²) in [7, 11) is 3.15. The zero-order chi connectivity index (χ0) is 14.7. The minimum atomic E-state index is -0.560. The number of H-pyrrole nitrogens is 1. The highest BCUT2D eigenvalue weighted by Gasteiger charge is 2.11. The van der Waals surface area contributed by atoms with Gasteiger partial charge in [-0.2, -0.15) is 0 Å². The van der Waals surface area contributed by atoms with E-state index in [-0.39, 0.29) is 0 Å². The molecule has 2 aromatic rings. The summed E-state index contributed by atoms with van der Waals surface area (Å²) in [5, 5.41) is 2.53. The van der Waals surface area contributed by atoms with Gasteiger partial charge >= 0.3 is 6.03 Å². The molecule has 8 heteroatoms. The van der Waals surface area contributed by atoms with E-state index in [1.807, 2.05) is 16.7 Å². The van der Waals surface area contributed by atoms with Crippen LogP contribution in [0, 0.1) is 4.77 Å². The lowest BCUT2D eigenvalue weighted by Gasteiger charge is -2.09. The molecule has 1 heterocycles. The number of hydrogen-bond acceptors (Lipinski definition) is 4. The molecule has 0 saturated carbocycles. The number of methoxy groups -OCH3 is 2. The van der Waals surface area contributed by atoms with E-state index in [0.29, 0.717) is 29.4 Å². The second-order valence-electron chi connectivity index (χ2n) is 4.10. The van der Waals surface area contributed by atoms with Crippen LogP contribution in [0.4, 0.5) is 4.79 Å². The van der Waals surface area contributed by atoms with E-state index in [9.17, 15) is 4.79 Å². The molecule has 2 rings (SSSR count). The number of rotatable bonds is 5. The number of carbonyl (C=O) groups is 1. The van der Waals surface area contributed by atoms with E-state index < -0.39 is 6.03 Å². The molecule has 0 bridgehead atoms. The second kappa shape index (κ2) is 5.83. The number of hydrogen-bond donors (Lipinski definition) is 3. The average Bonchev–Trinajstić information content (AvgIpc) is 2.72. The minimum Gasteiger partial charge on any atom is -0.493 e. The fourth-order valence-electron chi connectivity index (χ4n) is 2.00. The van der Waals surface area contributed by atoms with Crippen molar-refractivity contribution in [3.8, 4) is 11.5 Å². The van der Waals surface area contributed by atoms with E-state index in [0.717, 1.165) is 11.0 Å². The van der Waals surface area contributed by atoms with Crippen LogP contribution in [-0.2, 0) is 6.54 Å². The Morgan fingerprint density at radius 2 is 2.05 bits per heavy atom. The first-order valence-corrected chi connectivity index (χ1v) is 6.35. The molecule has 0 aliphatic carbocycles. The summed E-state index contributed by atoms with van der Waals surface area (Å²) in [6, 6.07) is 3.10. The Balaban J connectivity index is 2.41. The highest BCUT2D eigenvalue weighted by Crippen LogP contribution is 2.31. The summed E-state index contributed by atoms with van der Waals surface area (Å²) in [6.45, 7) is 0.905. The monoisotopic (exact) mass is 296 g/mol. The van der Waals surface area contributed by atoms with Crippen molar-refractivity contribution in [2.24, 2.45) is 5.73 Å². The average molecular weight is 296 g/mol. The van der Waals surface area contributed by atoms with Crippen molar-refractivity contribution in [2.75, 3.05) is 20.8 Å². The maximum Gasteiger partial charge on any atom is 0.312 e. The number of benzene rings is 1. The van der Waals surface area contributed by atoms with Crippen molar-refractivity contribution in [3.63, 3.8) is 0 Å². The van der Waals surface area contributed by atoms with Gasteiger partial charge in [0.25, 0.3) is 0 Å². The lowest BCUT2D eigenvalue weighted by atomic mass is 10.2. The van der Waals surface area contributed by atoms with E-state index in [2.05, 4.69) is 10.3 Å². The maximum absolute atomic E-state index is 10.7. The van der Waals surface area contributed by atoms with Crippen molar-refractivity contribution in [1.82, 2.24) is 14.9 Å². The van der Waals surface area contributed by atoms with Gasteiger partial charge in [-0.15, -0.1) is 0 Å².